The lowest BCUT2D eigenvalue weighted by Gasteiger charge is -2.48. The zero-order valence-corrected chi connectivity index (χ0v) is 19.4. The fourth-order valence-corrected chi connectivity index (χ4v) is 5.59. The summed E-state index contributed by atoms with van der Waals surface area (Å²) in [7, 11) is 1.86. The first-order valence-corrected chi connectivity index (χ1v) is 11.4. The Morgan fingerprint density at radius 2 is 1.97 bits per heavy atom. The molecular weight excluding hydrogens is 417 g/mol. The smallest absolute Gasteiger partial charge is 0.214 e. The molecule has 3 aliphatic rings. The van der Waals surface area contributed by atoms with E-state index in [-0.39, 0.29) is 17.4 Å². The zero-order valence-electron chi connectivity index (χ0n) is 19.4. The van der Waals surface area contributed by atoms with Crippen molar-refractivity contribution < 1.29 is 9.18 Å². The second-order valence-corrected chi connectivity index (χ2v) is 9.84. The van der Waals surface area contributed by atoms with Crippen LogP contribution in [0, 0.1) is 11.4 Å². The number of hydrogen-bond donors (Lipinski definition) is 1. The summed E-state index contributed by atoms with van der Waals surface area (Å²) in [6.45, 7) is 6.38. The van der Waals surface area contributed by atoms with E-state index in [1.807, 2.05) is 30.3 Å². The Labute approximate surface area is 193 Å². The molecule has 0 radical (unpaired) electrons. The van der Waals surface area contributed by atoms with Crippen LogP contribution in [0.25, 0.3) is 0 Å². The number of pyridine rings is 1. The van der Waals surface area contributed by atoms with Gasteiger partial charge in [-0.05, 0) is 48.1 Å². The number of azo groups is 1. The standard InChI is InChI=1S/C26H28FN5O/c1-5-26(16-8-6-9-17(12-16)32(4)22-11-7-10-21(27)30-22)18-15-28-31-24(18)29-19-13-25(2,3)14-20(33)23(19)26/h6-12,15,24,29H,5,13-14H2,1-4H3/t24?,26-/m0/s1. The van der Waals surface area contributed by atoms with Gasteiger partial charge in [0.25, 0.3) is 0 Å². The lowest BCUT2D eigenvalue weighted by Crippen LogP contribution is -2.51. The van der Waals surface area contributed by atoms with Crippen LogP contribution >= 0.6 is 0 Å². The number of benzene rings is 1. The third-order valence-electron chi connectivity index (χ3n) is 7.08. The molecule has 33 heavy (non-hydrogen) atoms. The summed E-state index contributed by atoms with van der Waals surface area (Å²) in [6, 6.07) is 12.9. The van der Waals surface area contributed by atoms with Crippen molar-refractivity contribution in [3.63, 3.8) is 0 Å². The van der Waals surface area contributed by atoms with E-state index < -0.39 is 11.4 Å². The van der Waals surface area contributed by atoms with Crippen LogP contribution in [0.4, 0.5) is 15.9 Å². The molecule has 0 fully saturated rings. The number of allylic oxidation sites excluding steroid dienone is 2. The first-order chi connectivity index (χ1) is 15.7. The number of nitrogens with zero attached hydrogens (tertiary/aromatic N) is 4. The number of anilines is 2. The highest BCUT2D eigenvalue weighted by Gasteiger charge is 2.53. The largest absolute Gasteiger partial charge is 0.362 e. The van der Waals surface area contributed by atoms with Crippen molar-refractivity contribution >= 4 is 17.3 Å². The van der Waals surface area contributed by atoms with Gasteiger partial charge in [0.2, 0.25) is 5.95 Å². The van der Waals surface area contributed by atoms with Crippen molar-refractivity contribution in [1.29, 1.82) is 0 Å². The van der Waals surface area contributed by atoms with Gasteiger partial charge in [-0.15, -0.1) is 0 Å². The Kier molecular flexibility index (Phi) is 4.96. The van der Waals surface area contributed by atoms with E-state index in [0.717, 1.165) is 34.5 Å². The van der Waals surface area contributed by atoms with Crippen LogP contribution in [0.1, 0.15) is 45.6 Å². The molecule has 0 amide bonds. The van der Waals surface area contributed by atoms with Crippen LogP contribution in [0.3, 0.4) is 0 Å². The van der Waals surface area contributed by atoms with Crippen molar-refractivity contribution in [3.05, 3.63) is 77.0 Å². The number of aromatic nitrogens is 1. The Morgan fingerprint density at radius 1 is 1.18 bits per heavy atom. The van der Waals surface area contributed by atoms with Crippen LogP contribution in [0.15, 0.2) is 75.7 Å². The Hall–Kier alpha value is -3.35. The minimum atomic E-state index is -0.617. The van der Waals surface area contributed by atoms with Crippen molar-refractivity contribution in [2.75, 3.05) is 11.9 Å². The minimum Gasteiger partial charge on any atom is -0.362 e. The van der Waals surface area contributed by atoms with Crippen LogP contribution in [-0.2, 0) is 10.2 Å². The average molecular weight is 446 g/mol. The van der Waals surface area contributed by atoms with Crippen molar-refractivity contribution in [1.82, 2.24) is 10.3 Å². The van der Waals surface area contributed by atoms with Gasteiger partial charge < -0.3 is 10.2 Å². The second kappa shape index (κ2) is 7.61. The molecule has 2 aliphatic heterocycles. The lowest BCUT2D eigenvalue weighted by atomic mass is 9.59. The van der Waals surface area contributed by atoms with Gasteiger partial charge in [-0.1, -0.05) is 39.0 Å². The van der Waals surface area contributed by atoms with Gasteiger partial charge in [-0.25, -0.2) is 4.98 Å². The SMILES string of the molecule is CC[C@]1(c2cccc(N(C)c3cccc(F)n3)c2)C2=CN=NC2NC2=C1C(=O)CC(C)(C)C2. The fourth-order valence-electron chi connectivity index (χ4n) is 5.59. The normalized spacial score (nSPS) is 25.3. The summed E-state index contributed by atoms with van der Waals surface area (Å²) in [5.41, 5.74) is 3.97. The summed E-state index contributed by atoms with van der Waals surface area (Å²) in [5.74, 6) is 0.167. The van der Waals surface area contributed by atoms with E-state index in [1.165, 1.54) is 6.07 Å². The number of ketones is 1. The van der Waals surface area contributed by atoms with Gasteiger partial charge in [0, 0.05) is 36.0 Å². The van der Waals surface area contributed by atoms with Crippen molar-refractivity contribution in [2.24, 2.45) is 15.6 Å². The van der Waals surface area contributed by atoms with E-state index >= 15 is 0 Å². The third-order valence-corrected chi connectivity index (χ3v) is 7.08. The minimum absolute atomic E-state index is 0.107. The van der Waals surface area contributed by atoms with E-state index in [9.17, 15) is 9.18 Å². The first kappa shape index (κ1) is 21.5. The maximum Gasteiger partial charge on any atom is 0.214 e. The molecule has 6 nitrogen and oxygen atoms in total. The number of rotatable bonds is 4. The number of fused-ring (bicyclic) bond motifs is 1. The first-order valence-electron chi connectivity index (χ1n) is 11.4. The predicted octanol–water partition coefficient (Wildman–Crippen LogP) is 5.56. The molecule has 7 heteroatoms. The molecule has 1 unspecified atom stereocenters. The van der Waals surface area contributed by atoms with E-state index in [4.69, 9.17) is 0 Å². The zero-order chi connectivity index (χ0) is 23.4. The molecule has 2 aromatic rings. The highest BCUT2D eigenvalue weighted by atomic mass is 19.1. The van der Waals surface area contributed by atoms with E-state index in [0.29, 0.717) is 18.7 Å². The highest BCUT2D eigenvalue weighted by Crippen LogP contribution is 2.54. The topological polar surface area (TPSA) is 70.0 Å². The number of nitrogens with one attached hydrogen (secondary N) is 1. The molecule has 1 aliphatic carbocycles. The predicted molar refractivity (Wildman–Crippen MR) is 126 cm³/mol. The number of carbonyl (C=O) groups excluding carboxylic acids is 1. The third kappa shape index (κ3) is 3.37. The lowest BCUT2D eigenvalue weighted by molar-refractivity contribution is -0.119. The Balaban J connectivity index is 1.67. The molecule has 0 saturated heterocycles. The Morgan fingerprint density at radius 3 is 2.73 bits per heavy atom. The molecule has 170 valence electrons. The van der Waals surface area contributed by atoms with Crippen LogP contribution in [-0.4, -0.2) is 24.0 Å². The summed E-state index contributed by atoms with van der Waals surface area (Å²) in [4.78, 5) is 19.5. The fraction of sp³-hybridized carbons (Fsp3) is 0.385. The van der Waals surface area contributed by atoms with Crippen LogP contribution < -0.4 is 10.2 Å². The molecular formula is C26H28FN5O. The molecule has 1 aromatic heterocycles. The van der Waals surface area contributed by atoms with Gasteiger partial charge in [0.15, 0.2) is 11.9 Å². The summed E-state index contributed by atoms with van der Waals surface area (Å²) < 4.78 is 13.8. The highest BCUT2D eigenvalue weighted by molar-refractivity contribution is 6.01. The maximum atomic E-state index is 13.8. The molecule has 0 saturated carbocycles. The van der Waals surface area contributed by atoms with Gasteiger partial charge in [0.05, 0.1) is 11.6 Å². The van der Waals surface area contributed by atoms with E-state index in [1.54, 1.807) is 12.1 Å². The van der Waals surface area contributed by atoms with E-state index in [2.05, 4.69) is 53.4 Å². The molecule has 5 rings (SSSR count). The summed E-state index contributed by atoms with van der Waals surface area (Å²) in [6.07, 6.45) is 3.55. The van der Waals surface area contributed by atoms with Crippen molar-refractivity contribution in [2.45, 2.75) is 51.6 Å². The monoisotopic (exact) mass is 445 g/mol. The van der Waals surface area contributed by atoms with Gasteiger partial charge >= 0.3 is 0 Å². The van der Waals surface area contributed by atoms with Crippen molar-refractivity contribution in [3.8, 4) is 0 Å². The molecule has 1 aromatic carbocycles. The average Bonchev–Trinajstić information content (AvgIpc) is 3.25. The molecule has 1 N–H and O–H groups in total. The number of carbonyl (C=O) groups is 1. The Bertz CT molecular complexity index is 1230. The second-order valence-electron chi connectivity index (χ2n) is 9.84. The van der Waals surface area contributed by atoms with Gasteiger partial charge in [-0.2, -0.15) is 14.6 Å². The van der Waals surface area contributed by atoms with Gasteiger partial charge in [-0.3, -0.25) is 4.79 Å². The maximum absolute atomic E-state index is 13.8. The number of Topliss-reactive ketones (excluding diaryl/α,β-unsaturated/α-hetero) is 1. The number of halogens is 1. The molecule has 3 heterocycles. The number of hydrogen-bond acceptors (Lipinski definition) is 6. The van der Waals surface area contributed by atoms with Gasteiger partial charge in [0.1, 0.15) is 5.82 Å². The van der Waals surface area contributed by atoms with Crippen LogP contribution in [0.5, 0.6) is 0 Å². The summed E-state index contributed by atoms with van der Waals surface area (Å²) in [5, 5.41) is 12.1. The molecule has 0 spiro atoms. The summed E-state index contributed by atoms with van der Waals surface area (Å²) >= 11 is 0. The molecule has 0 bridgehead atoms. The quantitative estimate of drug-likeness (QED) is 0.626. The molecule has 2 atom stereocenters. The van der Waals surface area contributed by atoms with Crippen LogP contribution in [0.2, 0.25) is 0 Å².